The highest BCUT2D eigenvalue weighted by molar-refractivity contribution is 5.94. The second-order valence-corrected chi connectivity index (χ2v) is 6.16. The van der Waals surface area contributed by atoms with Gasteiger partial charge >= 0.3 is 0 Å². The van der Waals surface area contributed by atoms with Gasteiger partial charge < -0.3 is 14.7 Å². The fourth-order valence-electron chi connectivity index (χ4n) is 3.18. The lowest BCUT2D eigenvalue weighted by atomic mass is 10.0. The van der Waals surface area contributed by atoms with Crippen LogP contribution in [0.1, 0.15) is 33.9 Å². The zero-order valence-corrected chi connectivity index (χ0v) is 13.8. The van der Waals surface area contributed by atoms with E-state index in [0.717, 1.165) is 23.8 Å². The molecule has 6 heteroatoms. The predicted molar refractivity (Wildman–Crippen MR) is 87.9 cm³/mol. The Morgan fingerprint density at radius 1 is 1.24 bits per heavy atom. The molecule has 2 aromatic rings. The number of aliphatic hydroxyl groups is 1. The molecular formula is C19H19F2NO3. The van der Waals surface area contributed by atoms with Gasteiger partial charge in [-0.05, 0) is 42.3 Å². The number of hydrogen-bond acceptors (Lipinski definition) is 3. The highest BCUT2D eigenvalue weighted by Gasteiger charge is 2.37. The summed E-state index contributed by atoms with van der Waals surface area (Å²) in [5, 5.41) is 9.97. The van der Waals surface area contributed by atoms with Crippen molar-refractivity contribution in [3.63, 3.8) is 0 Å². The average Bonchev–Trinajstić information content (AvgIpc) is 2.99. The summed E-state index contributed by atoms with van der Waals surface area (Å²) in [4.78, 5) is 14.2. The van der Waals surface area contributed by atoms with Gasteiger partial charge in [0.15, 0.2) is 0 Å². The van der Waals surface area contributed by atoms with Crippen LogP contribution < -0.4 is 0 Å². The Hall–Kier alpha value is -2.31. The van der Waals surface area contributed by atoms with Crippen molar-refractivity contribution >= 4 is 5.91 Å². The van der Waals surface area contributed by atoms with Gasteiger partial charge in [0.25, 0.3) is 5.91 Å². The maximum absolute atomic E-state index is 14.1. The summed E-state index contributed by atoms with van der Waals surface area (Å²) in [6.07, 6.45) is -0.599. The lowest BCUT2D eigenvalue weighted by Crippen LogP contribution is -2.32. The molecule has 1 aliphatic rings. The summed E-state index contributed by atoms with van der Waals surface area (Å²) in [6, 6.07) is 9.35. The fourth-order valence-corrected chi connectivity index (χ4v) is 3.18. The quantitative estimate of drug-likeness (QED) is 0.925. The number of rotatable bonds is 4. The Labute approximate surface area is 144 Å². The average molecular weight is 347 g/mol. The second kappa shape index (κ2) is 7.29. The van der Waals surface area contributed by atoms with Crippen molar-refractivity contribution in [3.8, 4) is 0 Å². The summed E-state index contributed by atoms with van der Waals surface area (Å²) >= 11 is 0. The third-order valence-corrected chi connectivity index (χ3v) is 4.37. The lowest BCUT2D eigenvalue weighted by molar-refractivity contribution is 0.0713. The Morgan fingerprint density at radius 2 is 1.96 bits per heavy atom. The zero-order chi connectivity index (χ0) is 18.0. The number of carbonyl (C=O) groups is 1. The van der Waals surface area contributed by atoms with Crippen LogP contribution in [-0.4, -0.2) is 35.7 Å². The smallest absolute Gasteiger partial charge is 0.254 e. The highest BCUT2D eigenvalue weighted by Crippen LogP contribution is 2.35. The predicted octanol–water partition coefficient (Wildman–Crippen LogP) is 3.06. The van der Waals surface area contributed by atoms with Crippen LogP contribution in [-0.2, 0) is 11.3 Å². The Bertz CT molecular complexity index is 764. The van der Waals surface area contributed by atoms with Gasteiger partial charge in [0.2, 0.25) is 0 Å². The maximum Gasteiger partial charge on any atom is 0.254 e. The van der Waals surface area contributed by atoms with E-state index < -0.39 is 23.8 Å². The zero-order valence-electron chi connectivity index (χ0n) is 13.8. The van der Waals surface area contributed by atoms with Gasteiger partial charge in [-0.25, -0.2) is 8.78 Å². The van der Waals surface area contributed by atoms with E-state index in [9.17, 15) is 18.7 Å². The van der Waals surface area contributed by atoms with Gasteiger partial charge in [-0.15, -0.1) is 0 Å². The minimum atomic E-state index is -0.774. The molecule has 0 unspecified atom stereocenters. The molecule has 2 aromatic carbocycles. The number of carbonyl (C=O) groups excluding carboxylic acids is 1. The number of likely N-dealkylation sites (tertiary alicyclic amines) is 1. The van der Waals surface area contributed by atoms with Gasteiger partial charge in [-0.3, -0.25) is 4.79 Å². The molecule has 0 saturated carbocycles. The van der Waals surface area contributed by atoms with Gasteiger partial charge in [-0.2, -0.15) is 0 Å². The van der Waals surface area contributed by atoms with Crippen LogP contribution in [0, 0.1) is 11.6 Å². The number of aliphatic hydroxyl groups excluding tert-OH is 1. The van der Waals surface area contributed by atoms with Crippen molar-refractivity contribution in [1.82, 2.24) is 4.90 Å². The molecule has 4 nitrogen and oxygen atoms in total. The Balaban J connectivity index is 1.88. The lowest BCUT2D eigenvalue weighted by Gasteiger charge is -2.25. The van der Waals surface area contributed by atoms with E-state index in [1.54, 1.807) is 31.4 Å². The molecular weight excluding hydrogens is 328 g/mol. The first-order chi connectivity index (χ1) is 12.0. The molecule has 0 radical (unpaired) electrons. The van der Waals surface area contributed by atoms with Crippen LogP contribution in [0.25, 0.3) is 0 Å². The molecule has 2 atom stereocenters. The van der Waals surface area contributed by atoms with Crippen LogP contribution >= 0.6 is 0 Å². The number of benzene rings is 2. The van der Waals surface area contributed by atoms with E-state index in [1.165, 1.54) is 4.90 Å². The van der Waals surface area contributed by atoms with Crippen molar-refractivity contribution < 1.29 is 23.4 Å². The number of hydrogen-bond donors (Lipinski definition) is 1. The summed E-state index contributed by atoms with van der Waals surface area (Å²) in [5.74, 6) is -1.49. The molecule has 0 bridgehead atoms. The number of amides is 1. The SMILES string of the molecule is COCc1ccc(C(=O)N2C[C@H](O)C[C@@H]2c2cc(F)ccc2F)cc1. The molecule has 0 aliphatic carbocycles. The van der Waals surface area contributed by atoms with Crippen LogP contribution in [0.4, 0.5) is 8.78 Å². The van der Waals surface area contributed by atoms with Crippen molar-refractivity contribution in [2.24, 2.45) is 0 Å². The molecule has 3 rings (SSSR count). The van der Waals surface area contributed by atoms with Crippen LogP contribution in [0.15, 0.2) is 42.5 Å². The summed E-state index contributed by atoms with van der Waals surface area (Å²) < 4.78 is 32.7. The van der Waals surface area contributed by atoms with E-state index in [-0.39, 0.29) is 24.4 Å². The summed E-state index contributed by atoms with van der Waals surface area (Å²) in [5.41, 5.74) is 1.44. The molecule has 1 saturated heterocycles. The van der Waals surface area contributed by atoms with Gasteiger partial charge in [-0.1, -0.05) is 12.1 Å². The largest absolute Gasteiger partial charge is 0.391 e. The maximum atomic E-state index is 14.1. The van der Waals surface area contributed by atoms with Crippen molar-refractivity contribution in [2.45, 2.75) is 25.2 Å². The molecule has 1 amide bonds. The molecule has 1 N–H and O–H groups in total. The van der Waals surface area contributed by atoms with Crippen LogP contribution in [0.2, 0.25) is 0 Å². The second-order valence-electron chi connectivity index (χ2n) is 6.16. The number of ether oxygens (including phenoxy) is 1. The van der Waals surface area contributed by atoms with E-state index in [0.29, 0.717) is 12.2 Å². The Morgan fingerprint density at radius 3 is 2.64 bits per heavy atom. The number of methoxy groups -OCH3 is 1. The molecule has 0 aromatic heterocycles. The fraction of sp³-hybridized carbons (Fsp3) is 0.316. The summed E-state index contributed by atoms with van der Waals surface area (Å²) in [7, 11) is 1.59. The molecule has 1 fully saturated rings. The van der Waals surface area contributed by atoms with Crippen molar-refractivity contribution in [1.29, 1.82) is 0 Å². The standard InChI is InChI=1S/C19H19F2NO3/c1-25-11-12-2-4-13(5-3-12)19(24)22-10-15(23)9-18(22)16-8-14(20)6-7-17(16)21/h2-8,15,18,23H,9-11H2,1H3/t15-,18-/m1/s1. The number of halogens is 2. The van der Waals surface area contributed by atoms with Gasteiger partial charge in [0.05, 0.1) is 18.8 Å². The van der Waals surface area contributed by atoms with E-state index in [1.807, 2.05) is 0 Å². The van der Waals surface area contributed by atoms with E-state index in [2.05, 4.69) is 0 Å². The van der Waals surface area contributed by atoms with Gasteiger partial charge in [0.1, 0.15) is 11.6 Å². The molecule has 1 aliphatic heterocycles. The monoisotopic (exact) mass is 347 g/mol. The highest BCUT2D eigenvalue weighted by atomic mass is 19.1. The first-order valence-corrected chi connectivity index (χ1v) is 8.01. The van der Waals surface area contributed by atoms with E-state index >= 15 is 0 Å². The summed E-state index contributed by atoms with van der Waals surface area (Å²) in [6.45, 7) is 0.521. The molecule has 0 spiro atoms. The number of β-amino-alcohol motifs (C(OH)–C–C–N with tert-alkyl or cyclic N) is 1. The van der Waals surface area contributed by atoms with E-state index in [4.69, 9.17) is 4.74 Å². The molecule has 132 valence electrons. The van der Waals surface area contributed by atoms with Gasteiger partial charge in [0, 0.05) is 24.8 Å². The Kier molecular flexibility index (Phi) is 5.11. The third-order valence-electron chi connectivity index (χ3n) is 4.37. The van der Waals surface area contributed by atoms with Crippen molar-refractivity contribution in [3.05, 3.63) is 70.8 Å². The first-order valence-electron chi connectivity index (χ1n) is 8.01. The number of nitrogens with zero attached hydrogens (tertiary/aromatic N) is 1. The topological polar surface area (TPSA) is 49.8 Å². The third kappa shape index (κ3) is 3.70. The van der Waals surface area contributed by atoms with Crippen LogP contribution in [0.5, 0.6) is 0 Å². The molecule has 1 heterocycles. The first kappa shape index (κ1) is 17.5. The molecule has 25 heavy (non-hydrogen) atoms. The van der Waals surface area contributed by atoms with Crippen molar-refractivity contribution in [2.75, 3.05) is 13.7 Å². The minimum Gasteiger partial charge on any atom is -0.391 e. The normalized spacial score (nSPS) is 20.1. The minimum absolute atomic E-state index is 0.0826. The van der Waals surface area contributed by atoms with Crippen LogP contribution in [0.3, 0.4) is 0 Å².